The smallest absolute Gasteiger partial charge is 0.0871 e. The van der Waals surface area contributed by atoms with Gasteiger partial charge in [0, 0.05) is 18.0 Å². The summed E-state index contributed by atoms with van der Waals surface area (Å²) >= 11 is 4.76. The van der Waals surface area contributed by atoms with E-state index in [1.54, 1.807) is 5.37 Å². The van der Waals surface area contributed by atoms with Crippen molar-refractivity contribution in [3.8, 4) is 0 Å². The third-order valence-corrected chi connectivity index (χ3v) is 1.90. The third-order valence-electron chi connectivity index (χ3n) is 1.63. The summed E-state index contributed by atoms with van der Waals surface area (Å²) < 4.78 is 0. The second-order valence-electron chi connectivity index (χ2n) is 2.29. The molecule has 1 heterocycles. The fourth-order valence-electron chi connectivity index (χ4n) is 0.991. The highest BCUT2D eigenvalue weighted by molar-refractivity contribution is 7.79. The molecule has 0 aromatic rings. The van der Waals surface area contributed by atoms with Crippen molar-refractivity contribution in [3.63, 3.8) is 0 Å². The summed E-state index contributed by atoms with van der Waals surface area (Å²) in [5.41, 5.74) is 0. The first-order valence-electron chi connectivity index (χ1n) is 3.31. The van der Waals surface area contributed by atoms with E-state index in [4.69, 9.17) is 12.2 Å². The molecule has 0 saturated carbocycles. The molecule has 2 atom stereocenters. The maximum atomic E-state index is 4.76. The van der Waals surface area contributed by atoms with E-state index >= 15 is 0 Å². The molecule has 2 N–H and O–H groups in total. The van der Waals surface area contributed by atoms with Crippen molar-refractivity contribution < 1.29 is 0 Å². The van der Waals surface area contributed by atoms with Crippen LogP contribution in [0.15, 0.2) is 0 Å². The Morgan fingerprint density at radius 2 is 2.56 bits per heavy atom. The Hall–Kier alpha value is 0.01000. The van der Waals surface area contributed by atoms with Crippen LogP contribution in [0, 0.1) is 0 Å². The number of nitrogens with one attached hydrogen (secondary N) is 2. The highest BCUT2D eigenvalue weighted by atomic mass is 32.1. The SMILES string of the molecule is CCC1CNC(C=S)N1. The molecule has 2 nitrogen and oxygen atoms in total. The molecule has 1 aliphatic rings. The van der Waals surface area contributed by atoms with Gasteiger partial charge in [-0.1, -0.05) is 19.1 Å². The fourth-order valence-corrected chi connectivity index (χ4v) is 1.17. The van der Waals surface area contributed by atoms with E-state index in [1.807, 2.05) is 0 Å². The first-order valence-corrected chi connectivity index (χ1v) is 3.78. The van der Waals surface area contributed by atoms with Crippen molar-refractivity contribution in [2.45, 2.75) is 25.6 Å². The lowest BCUT2D eigenvalue weighted by Crippen LogP contribution is -2.33. The Labute approximate surface area is 61.0 Å². The molecule has 0 aromatic heterocycles. The van der Waals surface area contributed by atoms with E-state index in [0.717, 1.165) is 6.54 Å². The predicted molar refractivity (Wildman–Crippen MR) is 42.7 cm³/mol. The molecular formula is C6H12N2S. The number of hydrogen-bond acceptors (Lipinski definition) is 3. The quantitative estimate of drug-likeness (QED) is 0.544. The summed E-state index contributed by atoms with van der Waals surface area (Å²) in [6.45, 7) is 3.22. The van der Waals surface area contributed by atoms with E-state index in [1.165, 1.54) is 6.42 Å². The zero-order valence-electron chi connectivity index (χ0n) is 5.55. The van der Waals surface area contributed by atoms with Gasteiger partial charge in [-0.2, -0.15) is 0 Å². The molecule has 0 bridgehead atoms. The molecule has 0 spiro atoms. The fraction of sp³-hybridized carbons (Fsp3) is 0.833. The molecule has 1 fully saturated rings. The molecular weight excluding hydrogens is 132 g/mol. The van der Waals surface area contributed by atoms with Crippen molar-refractivity contribution in [2.75, 3.05) is 6.54 Å². The molecule has 0 aliphatic carbocycles. The Morgan fingerprint density at radius 1 is 1.78 bits per heavy atom. The van der Waals surface area contributed by atoms with Gasteiger partial charge >= 0.3 is 0 Å². The van der Waals surface area contributed by atoms with Crippen LogP contribution in [0.3, 0.4) is 0 Å². The van der Waals surface area contributed by atoms with Crippen LogP contribution in [0.5, 0.6) is 0 Å². The van der Waals surface area contributed by atoms with Gasteiger partial charge in [0.1, 0.15) is 0 Å². The summed E-state index contributed by atoms with van der Waals surface area (Å²) in [5, 5.41) is 8.29. The lowest BCUT2D eigenvalue weighted by molar-refractivity contribution is 0.595. The highest BCUT2D eigenvalue weighted by Crippen LogP contribution is 1.96. The van der Waals surface area contributed by atoms with Crippen molar-refractivity contribution >= 4 is 17.6 Å². The van der Waals surface area contributed by atoms with Crippen LogP contribution in [0.25, 0.3) is 0 Å². The van der Waals surface area contributed by atoms with E-state index in [2.05, 4.69) is 17.6 Å². The van der Waals surface area contributed by atoms with Crippen LogP contribution < -0.4 is 10.6 Å². The molecule has 52 valence electrons. The number of thiocarbonyl (C=S) groups is 1. The second-order valence-corrected chi connectivity index (χ2v) is 2.57. The average molecular weight is 144 g/mol. The van der Waals surface area contributed by atoms with Gasteiger partial charge in [-0.25, -0.2) is 0 Å². The molecule has 0 radical (unpaired) electrons. The lowest BCUT2D eigenvalue weighted by atomic mass is 10.2. The van der Waals surface area contributed by atoms with Crippen molar-refractivity contribution in [1.29, 1.82) is 0 Å². The van der Waals surface area contributed by atoms with E-state index in [9.17, 15) is 0 Å². The summed E-state index contributed by atoms with van der Waals surface area (Å²) in [7, 11) is 0. The van der Waals surface area contributed by atoms with Gasteiger partial charge in [0.2, 0.25) is 0 Å². The summed E-state index contributed by atoms with van der Waals surface area (Å²) in [6.07, 6.45) is 1.44. The first-order chi connectivity index (χ1) is 4.36. The maximum absolute atomic E-state index is 4.76. The van der Waals surface area contributed by atoms with Crippen molar-refractivity contribution in [3.05, 3.63) is 0 Å². The van der Waals surface area contributed by atoms with Gasteiger partial charge in [0.15, 0.2) is 0 Å². The molecule has 2 unspecified atom stereocenters. The molecule has 1 rings (SSSR count). The van der Waals surface area contributed by atoms with Gasteiger partial charge in [0.05, 0.1) is 6.17 Å². The van der Waals surface area contributed by atoms with Crippen LogP contribution in [0.2, 0.25) is 0 Å². The Morgan fingerprint density at radius 3 is 2.89 bits per heavy atom. The summed E-state index contributed by atoms with van der Waals surface area (Å²) in [4.78, 5) is 0. The number of hydrogen-bond donors (Lipinski definition) is 2. The third kappa shape index (κ3) is 1.71. The standard InChI is InChI=1S/C6H12N2S/c1-2-5-3-7-6(4-9)8-5/h4-8H,2-3H2,1H3. The van der Waals surface area contributed by atoms with Crippen LogP contribution in [-0.2, 0) is 0 Å². The van der Waals surface area contributed by atoms with Crippen LogP contribution in [0.4, 0.5) is 0 Å². The first kappa shape index (κ1) is 7.12. The number of rotatable bonds is 2. The van der Waals surface area contributed by atoms with E-state index in [-0.39, 0.29) is 6.17 Å². The van der Waals surface area contributed by atoms with Gasteiger partial charge < -0.3 is 0 Å². The molecule has 0 amide bonds. The van der Waals surface area contributed by atoms with Crippen molar-refractivity contribution in [1.82, 2.24) is 10.6 Å². The molecule has 1 aliphatic heterocycles. The zero-order chi connectivity index (χ0) is 6.69. The van der Waals surface area contributed by atoms with Crippen LogP contribution >= 0.6 is 12.2 Å². The zero-order valence-corrected chi connectivity index (χ0v) is 6.37. The molecule has 3 heteroatoms. The van der Waals surface area contributed by atoms with E-state index in [0.29, 0.717) is 6.04 Å². The van der Waals surface area contributed by atoms with Crippen LogP contribution in [-0.4, -0.2) is 24.1 Å². The highest BCUT2D eigenvalue weighted by Gasteiger charge is 2.18. The van der Waals surface area contributed by atoms with Gasteiger partial charge in [-0.3, -0.25) is 10.6 Å². The second kappa shape index (κ2) is 3.25. The molecule has 0 aromatic carbocycles. The Bertz CT molecular complexity index is 105. The van der Waals surface area contributed by atoms with E-state index < -0.39 is 0 Å². The Kier molecular flexibility index (Phi) is 2.57. The monoisotopic (exact) mass is 144 g/mol. The molecule has 1 saturated heterocycles. The minimum Gasteiger partial charge on any atom is -0.296 e. The maximum Gasteiger partial charge on any atom is 0.0871 e. The van der Waals surface area contributed by atoms with Gasteiger partial charge in [-0.05, 0) is 6.42 Å². The largest absolute Gasteiger partial charge is 0.296 e. The minimum absolute atomic E-state index is 0.268. The minimum atomic E-state index is 0.268. The van der Waals surface area contributed by atoms with Crippen LogP contribution in [0.1, 0.15) is 13.3 Å². The lowest BCUT2D eigenvalue weighted by Gasteiger charge is -2.05. The topological polar surface area (TPSA) is 24.1 Å². The normalized spacial score (nSPS) is 34.8. The predicted octanol–water partition coefficient (Wildman–Crippen LogP) is 0.284. The average Bonchev–Trinajstić information content (AvgIpc) is 2.34. The Balaban J connectivity index is 2.28. The summed E-state index contributed by atoms with van der Waals surface area (Å²) in [5.74, 6) is 0. The molecule has 9 heavy (non-hydrogen) atoms. The van der Waals surface area contributed by atoms with Crippen molar-refractivity contribution in [2.24, 2.45) is 0 Å². The van der Waals surface area contributed by atoms with Gasteiger partial charge in [-0.15, -0.1) is 0 Å². The van der Waals surface area contributed by atoms with Gasteiger partial charge in [0.25, 0.3) is 0 Å². The summed E-state index contributed by atoms with van der Waals surface area (Å²) in [6, 6.07) is 0.620.